The van der Waals surface area contributed by atoms with Crippen LogP contribution in [0.3, 0.4) is 0 Å². The Kier molecular flexibility index (Phi) is 7.00. The fraction of sp³-hybridized carbons (Fsp3) is 0.276. The van der Waals surface area contributed by atoms with Crippen LogP contribution in [0.2, 0.25) is 0 Å². The zero-order valence-electron chi connectivity index (χ0n) is 20.8. The lowest BCUT2D eigenvalue weighted by molar-refractivity contribution is -0.137. The highest BCUT2D eigenvalue weighted by Gasteiger charge is 2.38. The minimum absolute atomic E-state index is 0.0625. The normalized spacial score (nSPS) is 15.4. The zero-order chi connectivity index (χ0) is 25.1. The van der Waals surface area contributed by atoms with Gasteiger partial charge in [-0.25, -0.2) is 9.69 Å². The van der Waals surface area contributed by atoms with Crippen molar-refractivity contribution in [3.63, 3.8) is 0 Å². The van der Waals surface area contributed by atoms with E-state index in [4.69, 9.17) is 14.9 Å². The van der Waals surface area contributed by atoms with E-state index in [1.165, 1.54) is 0 Å². The highest BCUT2D eigenvalue weighted by atomic mass is 32.1. The molecular formula is C29H30N4O2S. The number of hydrazone groups is 1. The van der Waals surface area contributed by atoms with Crippen molar-refractivity contribution >= 4 is 23.0 Å². The second-order valence-electron chi connectivity index (χ2n) is 8.89. The molecule has 2 aromatic heterocycles. The van der Waals surface area contributed by atoms with Crippen molar-refractivity contribution in [3.05, 3.63) is 89.4 Å². The molecule has 1 aliphatic heterocycles. The summed E-state index contributed by atoms with van der Waals surface area (Å²) < 4.78 is 7.36. The summed E-state index contributed by atoms with van der Waals surface area (Å²) in [5, 5.41) is 13.7. The zero-order valence-corrected chi connectivity index (χ0v) is 21.6. The molecule has 4 aromatic rings. The minimum atomic E-state index is -0.242. The van der Waals surface area contributed by atoms with Crippen molar-refractivity contribution in [1.82, 2.24) is 14.8 Å². The van der Waals surface area contributed by atoms with Crippen LogP contribution in [0.15, 0.2) is 83.4 Å². The van der Waals surface area contributed by atoms with Crippen molar-refractivity contribution in [2.24, 2.45) is 11.0 Å². The van der Waals surface area contributed by atoms with Gasteiger partial charge < -0.3 is 4.74 Å². The van der Waals surface area contributed by atoms with Gasteiger partial charge in [-0.05, 0) is 48.6 Å². The highest BCUT2D eigenvalue weighted by molar-refractivity contribution is 7.13. The van der Waals surface area contributed by atoms with E-state index in [0.717, 1.165) is 51.7 Å². The number of methoxy groups -OCH3 is 1. The number of para-hydroxylation sites is 1. The van der Waals surface area contributed by atoms with Crippen molar-refractivity contribution in [1.29, 1.82) is 0 Å². The topological polar surface area (TPSA) is 59.7 Å². The summed E-state index contributed by atoms with van der Waals surface area (Å²) in [6.07, 6.45) is 4.23. The standard InChI is InChI=1S/C29H30N4O2S/c1-4-20(5-2)29(34)33-26(18-25(30-33)21-11-9-14-23(17-21)35-3)24-19-32(22-12-7-6-8-13-22)31-28(24)27-15-10-16-36-27/h6-17,19-20,26H,4-5,18H2,1-3H3. The summed E-state index contributed by atoms with van der Waals surface area (Å²) in [7, 11) is 1.66. The van der Waals surface area contributed by atoms with E-state index in [0.29, 0.717) is 6.42 Å². The molecule has 5 rings (SSSR count). The van der Waals surface area contributed by atoms with Crippen LogP contribution in [-0.4, -0.2) is 33.5 Å². The molecule has 7 heteroatoms. The average Bonchev–Trinajstić information content (AvgIpc) is 3.69. The molecular weight excluding hydrogens is 468 g/mol. The average molecular weight is 499 g/mol. The van der Waals surface area contributed by atoms with E-state index < -0.39 is 0 Å². The quantitative estimate of drug-likeness (QED) is 0.271. The molecule has 1 amide bonds. The van der Waals surface area contributed by atoms with Gasteiger partial charge in [0, 0.05) is 29.7 Å². The van der Waals surface area contributed by atoms with Gasteiger partial charge in [0.15, 0.2) is 0 Å². The maximum atomic E-state index is 13.7. The molecule has 1 atom stereocenters. The van der Waals surface area contributed by atoms with Crippen LogP contribution in [0, 0.1) is 5.92 Å². The summed E-state index contributed by atoms with van der Waals surface area (Å²) in [5.41, 5.74) is 4.71. The summed E-state index contributed by atoms with van der Waals surface area (Å²) >= 11 is 1.65. The SMILES string of the molecule is CCC(CC)C(=O)N1N=C(c2cccc(OC)c2)CC1c1cn(-c2ccccc2)nc1-c1cccs1. The third-order valence-electron chi connectivity index (χ3n) is 6.75. The second kappa shape index (κ2) is 10.5. The lowest BCUT2D eigenvalue weighted by Gasteiger charge is -2.25. The van der Waals surface area contributed by atoms with Gasteiger partial charge in [-0.3, -0.25) is 4.79 Å². The molecule has 0 spiro atoms. The predicted octanol–water partition coefficient (Wildman–Crippen LogP) is 6.72. The number of benzene rings is 2. The van der Waals surface area contributed by atoms with E-state index in [9.17, 15) is 4.79 Å². The van der Waals surface area contributed by atoms with E-state index >= 15 is 0 Å². The molecule has 0 saturated carbocycles. The number of aromatic nitrogens is 2. The molecule has 0 radical (unpaired) electrons. The molecule has 0 saturated heterocycles. The largest absolute Gasteiger partial charge is 0.497 e. The fourth-order valence-corrected chi connectivity index (χ4v) is 5.44. The van der Waals surface area contributed by atoms with Crippen LogP contribution in [0.25, 0.3) is 16.3 Å². The molecule has 1 unspecified atom stereocenters. The predicted molar refractivity (Wildman–Crippen MR) is 145 cm³/mol. The van der Waals surface area contributed by atoms with E-state index in [-0.39, 0.29) is 17.9 Å². The first kappa shape index (κ1) is 24.0. The molecule has 0 aliphatic carbocycles. The Bertz CT molecular complexity index is 1360. The molecule has 0 fully saturated rings. The Balaban J connectivity index is 1.62. The van der Waals surface area contributed by atoms with Gasteiger partial charge in [0.25, 0.3) is 0 Å². The van der Waals surface area contributed by atoms with Crippen LogP contribution in [0.1, 0.15) is 50.3 Å². The number of carbonyl (C=O) groups is 1. The number of hydrogen-bond donors (Lipinski definition) is 0. The molecule has 3 heterocycles. The lowest BCUT2D eigenvalue weighted by Crippen LogP contribution is -2.32. The molecule has 2 aromatic carbocycles. The van der Waals surface area contributed by atoms with Crippen molar-refractivity contribution in [2.75, 3.05) is 7.11 Å². The van der Waals surface area contributed by atoms with Crippen LogP contribution in [0.4, 0.5) is 0 Å². The highest BCUT2D eigenvalue weighted by Crippen LogP contribution is 2.40. The molecule has 0 N–H and O–H groups in total. The number of nitrogens with zero attached hydrogens (tertiary/aromatic N) is 4. The Labute approximate surface area is 215 Å². The minimum Gasteiger partial charge on any atom is -0.497 e. The summed E-state index contributed by atoms with van der Waals surface area (Å²) in [5.74, 6) is 0.760. The summed E-state index contributed by atoms with van der Waals surface area (Å²) in [4.78, 5) is 14.8. The van der Waals surface area contributed by atoms with Crippen LogP contribution < -0.4 is 4.74 Å². The van der Waals surface area contributed by atoms with Gasteiger partial charge in [0.1, 0.15) is 11.4 Å². The van der Waals surface area contributed by atoms with Crippen molar-refractivity contribution < 1.29 is 9.53 Å². The maximum Gasteiger partial charge on any atom is 0.246 e. The van der Waals surface area contributed by atoms with Crippen molar-refractivity contribution in [2.45, 2.75) is 39.2 Å². The number of hydrogen-bond acceptors (Lipinski definition) is 5. The number of amides is 1. The van der Waals surface area contributed by atoms with Crippen LogP contribution >= 0.6 is 11.3 Å². The Morgan fingerprint density at radius 2 is 1.89 bits per heavy atom. The summed E-state index contributed by atoms with van der Waals surface area (Å²) in [6, 6.07) is 21.8. The first-order valence-electron chi connectivity index (χ1n) is 12.4. The number of ether oxygens (including phenoxy) is 1. The van der Waals surface area contributed by atoms with Gasteiger partial charge in [-0.15, -0.1) is 11.3 Å². The van der Waals surface area contributed by atoms with Gasteiger partial charge >= 0.3 is 0 Å². The van der Waals surface area contributed by atoms with Gasteiger partial charge in [0.2, 0.25) is 5.91 Å². The Hall–Kier alpha value is -3.71. The third-order valence-corrected chi connectivity index (χ3v) is 7.63. The van der Waals surface area contributed by atoms with E-state index in [1.807, 2.05) is 65.3 Å². The molecule has 0 bridgehead atoms. The van der Waals surface area contributed by atoms with E-state index in [1.54, 1.807) is 23.5 Å². The molecule has 36 heavy (non-hydrogen) atoms. The van der Waals surface area contributed by atoms with Crippen LogP contribution in [-0.2, 0) is 4.79 Å². The first-order valence-corrected chi connectivity index (χ1v) is 13.2. The van der Waals surface area contributed by atoms with E-state index in [2.05, 4.69) is 31.5 Å². The Morgan fingerprint density at radius 1 is 1.08 bits per heavy atom. The molecule has 1 aliphatic rings. The number of thiophene rings is 1. The van der Waals surface area contributed by atoms with Gasteiger partial charge in [0.05, 0.1) is 29.4 Å². The number of rotatable bonds is 8. The third kappa shape index (κ3) is 4.58. The fourth-order valence-electron chi connectivity index (χ4n) is 4.71. The second-order valence-corrected chi connectivity index (χ2v) is 9.83. The maximum absolute atomic E-state index is 13.7. The van der Waals surface area contributed by atoms with Crippen LogP contribution in [0.5, 0.6) is 5.75 Å². The molecule has 184 valence electrons. The molecule has 6 nitrogen and oxygen atoms in total. The lowest BCUT2D eigenvalue weighted by atomic mass is 9.96. The van der Waals surface area contributed by atoms with Gasteiger partial charge in [-0.2, -0.15) is 10.2 Å². The number of carbonyl (C=O) groups excluding carboxylic acids is 1. The first-order chi connectivity index (χ1) is 17.6. The summed E-state index contributed by atoms with van der Waals surface area (Å²) in [6.45, 7) is 4.13. The van der Waals surface area contributed by atoms with Crippen molar-refractivity contribution in [3.8, 4) is 22.0 Å². The van der Waals surface area contributed by atoms with Gasteiger partial charge in [-0.1, -0.05) is 50.2 Å². The smallest absolute Gasteiger partial charge is 0.246 e. The monoisotopic (exact) mass is 498 g/mol. The Morgan fingerprint density at radius 3 is 2.58 bits per heavy atom.